The summed E-state index contributed by atoms with van der Waals surface area (Å²) in [5.41, 5.74) is -1.57. The number of alkyl halides is 6. The number of fused-ring (bicyclic) bond motifs is 4. The molecule has 268 valence electrons. The molecule has 2 aromatic heterocycles. The van der Waals surface area contributed by atoms with Crippen LogP contribution in [0.15, 0.2) is 24.0 Å². The molecule has 0 spiro atoms. The number of halogens is 8. The van der Waals surface area contributed by atoms with Gasteiger partial charge in [0.25, 0.3) is 0 Å². The summed E-state index contributed by atoms with van der Waals surface area (Å²) in [7, 11) is 0. The molecule has 6 heterocycles. The minimum Gasteiger partial charge on any atom is -0.461 e. The van der Waals surface area contributed by atoms with Crippen LogP contribution in [0.5, 0.6) is 6.01 Å². The third-order valence-electron chi connectivity index (χ3n) is 11.3. The van der Waals surface area contributed by atoms with Gasteiger partial charge in [-0.1, -0.05) is 0 Å². The first-order valence-electron chi connectivity index (χ1n) is 16.8. The van der Waals surface area contributed by atoms with E-state index in [2.05, 4.69) is 25.2 Å². The summed E-state index contributed by atoms with van der Waals surface area (Å²) in [4.78, 5) is 16.4. The van der Waals surface area contributed by atoms with Crippen molar-refractivity contribution in [3.05, 3.63) is 46.5 Å². The topological polar surface area (TPSA) is 92.4 Å². The molecular formula is C34H35F8N7O. The van der Waals surface area contributed by atoms with E-state index < -0.39 is 63.0 Å². The average molecular weight is 710 g/mol. The molecule has 8 nitrogen and oxygen atoms in total. The van der Waals surface area contributed by atoms with Gasteiger partial charge < -0.3 is 20.7 Å². The van der Waals surface area contributed by atoms with E-state index in [0.717, 1.165) is 45.1 Å². The summed E-state index contributed by atoms with van der Waals surface area (Å²) in [5, 5.41) is 3.39. The fourth-order valence-electron chi connectivity index (χ4n) is 9.00. The average Bonchev–Trinajstić information content (AvgIpc) is 3.65. The maximum absolute atomic E-state index is 17.0. The lowest BCUT2D eigenvalue weighted by Crippen LogP contribution is -2.61. The number of rotatable bonds is 6. The Labute approximate surface area is 282 Å². The molecule has 3 aromatic rings. The molecule has 5 fully saturated rings. The van der Waals surface area contributed by atoms with Crippen LogP contribution in [0.1, 0.15) is 61.6 Å². The SMILES string of the molecule is Cc1cc(N)nc(-c2c(C(F)(F)F)cc3c(N4C[C@@H]5CC[C@](C6CC6)(C4)N5)nc(OC[C@@]45CCCN4C/C(=C/F)C5)nc3c2F)c1C(F)(F)F. The lowest BCUT2D eigenvalue weighted by molar-refractivity contribution is -0.139. The Morgan fingerprint density at radius 2 is 1.84 bits per heavy atom. The number of nitrogens with two attached hydrogens (primary N) is 1. The van der Waals surface area contributed by atoms with Gasteiger partial charge in [0.2, 0.25) is 0 Å². The second kappa shape index (κ2) is 11.4. The zero-order chi connectivity index (χ0) is 35.4. The van der Waals surface area contributed by atoms with Gasteiger partial charge in [-0.3, -0.25) is 4.90 Å². The van der Waals surface area contributed by atoms with E-state index in [-0.39, 0.29) is 35.4 Å². The maximum Gasteiger partial charge on any atom is 0.418 e. The van der Waals surface area contributed by atoms with Crippen LogP contribution in [0.3, 0.4) is 0 Å². The van der Waals surface area contributed by atoms with Crippen LogP contribution in [0, 0.1) is 18.7 Å². The lowest BCUT2D eigenvalue weighted by atomic mass is 9.90. The number of hydrogen-bond acceptors (Lipinski definition) is 8. The summed E-state index contributed by atoms with van der Waals surface area (Å²) < 4.78 is 124. The molecule has 3 atom stereocenters. The highest BCUT2D eigenvalue weighted by Gasteiger charge is 2.54. The highest BCUT2D eigenvalue weighted by molar-refractivity contribution is 5.95. The molecule has 3 N–H and O–H groups in total. The zero-order valence-electron chi connectivity index (χ0n) is 27.1. The van der Waals surface area contributed by atoms with Gasteiger partial charge in [-0.15, -0.1) is 0 Å². The highest BCUT2D eigenvalue weighted by Crippen LogP contribution is 2.51. The minimum atomic E-state index is -5.30. The summed E-state index contributed by atoms with van der Waals surface area (Å²) in [6.07, 6.45) is -4.28. The number of ether oxygens (including phenoxy) is 1. The number of nitrogen functional groups attached to an aromatic ring is 1. The molecule has 0 amide bonds. The van der Waals surface area contributed by atoms with E-state index in [0.29, 0.717) is 62.9 Å². The maximum atomic E-state index is 17.0. The molecule has 4 saturated heterocycles. The van der Waals surface area contributed by atoms with Crippen LogP contribution in [0.2, 0.25) is 0 Å². The fraction of sp³-hybridized carbons (Fsp3) is 0.559. The molecular weight excluding hydrogens is 674 g/mol. The Kier molecular flexibility index (Phi) is 7.58. The Balaban J connectivity index is 1.33. The molecule has 0 radical (unpaired) electrons. The van der Waals surface area contributed by atoms with Gasteiger partial charge in [0, 0.05) is 36.6 Å². The number of hydrogen-bond donors (Lipinski definition) is 2. The molecule has 50 heavy (non-hydrogen) atoms. The summed E-state index contributed by atoms with van der Waals surface area (Å²) >= 11 is 0. The van der Waals surface area contributed by atoms with Gasteiger partial charge >= 0.3 is 18.4 Å². The predicted molar refractivity (Wildman–Crippen MR) is 169 cm³/mol. The monoisotopic (exact) mass is 709 g/mol. The quantitative estimate of drug-likeness (QED) is 0.266. The van der Waals surface area contributed by atoms with Crippen molar-refractivity contribution in [3.63, 3.8) is 0 Å². The van der Waals surface area contributed by atoms with E-state index in [1.165, 1.54) is 0 Å². The van der Waals surface area contributed by atoms with Gasteiger partial charge in [-0.2, -0.15) is 36.3 Å². The Bertz CT molecular complexity index is 1910. The molecule has 1 saturated carbocycles. The van der Waals surface area contributed by atoms with Crippen molar-refractivity contribution in [3.8, 4) is 17.3 Å². The van der Waals surface area contributed by atoms with Crippen LogP contribution >= 0.6 is 0 Å². The van der Waals surface area contributed by atoms with Gasteiger partial charge in [0.1, 0.15) is 23.8 Å². The lowest BCUT2D eigenvalue weighted by Gasteiger charge is -2.42. The smallest absolute Gasteiger partial charge is 0.418 e. The van der Waals surface area contributed by atoms with Crippen LogP contribution in [-0.2, 0) is 12.4 Å². The number of anilines is 2. The van der Waals surface area contributed by atoms with Crippen LogP contribution in [0.25, 0.3) is 22.2 Å². The van der Waals surface area contributed by atoms with E-state index >= 15 is 4.39 Å². The third-order valence-corrected chi connectivity index (χ3v) is 11.3. The van der Waals surface area contributed by atoms with Gasteiger partial charge in [0.15, 0.2) is 5.82 Å². The van der Waals surface area contributed by atoms with Crippen LogP contribution in [-0.4, -0.2) is 69.8 Å². The first-order chi connectivity index (χ1) is 23.6. The molecule has 1 aromatic carbocycles. The molecule has 16 heteroatoms. The van der Waals surface area contributed by atoms with Crippen molar-refractivity contribution in [2.45, 2.75) is 81.3 Å². The molecule has 4 aliphatic heterocycles. The van der Waals surface area contributed by atoms with E-state index in [1.807, 2.05) is 4.90 Å². The second-order valence-corrected chi connectivity index (χ2v) is 14.6. The van der Waals surface area contributed by atoms with Crippen molar-refractivity contribution in [1.82, 2.24) is 25.2 Å². The third kappa shape index (κ3) is 5.44. The summed E-state index contributed by atoms with van der Waals surface area (Å²) in [6, 6.07) is 1.16. The molecule has 8 rings (SSSR count). The molecule has 5 aliphatic rings. The standard InChI is InChI=1S/C34H35F8N7O/c1-17-9-23(43)44-28(25(17)34(40,41)42)24-22(33(37,38)39)10-21-27(26(24)36)45-30(50-16-31-6-2-8-49(31)13-18(11-31)12-35)46-29(21)48-14-20-5-7-32(15-48,47-20)19-3-4-19/h9-10,12,19-20,47H,2-8,11,13-16H2,1H3,(H2,43,44)/b18-12+/t20-,31-,32+/m0/s1. The van der Waals surface area contributed by atoms with E-state index in [4.69, 9.17) is 10.5 Å². The van der Waals surface area contributed by atoms with Gasteiger partial charge in [-0.25, -0.2) is 13.8 Å². The fourth-order valence-corrected chi connectivity index (χ4v) is 9.00. The first kappa shape index (κ1) is 33.4. The van der Waals surface area contributed by atoms with Crippen molar-refractivity contribution < 1.29 is 39.9 Å². The highest BCUT2D eigenvalue weighted by atomic mass is 19.4. The van der Waals surface area contributed by atoms with Crippen LogP contribution < -0.4 is 20.7 Å². The number of aromatic nitrogens is 3. The van der Waals surface area contributed by atoms with Crippen LogP contribution in [0.4, 0.5) is 46.8 Å². The predicted octanol–water partition coefficient (Wildman–Crippen LogP) is 6.95. The minimum absolute atomic E-state index is 0.00341. The summed E-state index contributed by atoms with van der Waals surface area (Å²) in [5.74, 6) is -1.78. The van der Waals surface area contributed by atoms with E-state index in [1.54, 1.807) is 0 Å². The molecule has 1 aliphatic carbocycles. The molecule has 2 bridgehead atoms. The number of pyridine rings is 1. The zero-order valence-corrected chi connectivity index (χ0v) is 27.1. The number of nitrogens with zero attached hydrogens (tertiary/aromatic N) is 5. The normalized spacial score (nSPS) is 27.9. The van der Waals surface area contributed by atoms with Gasteiger partial charge in [-0.05, 0) is 87.6 Å². The number of nitrogens with one attached hydrogen (secondary N) is 1. The Morgan fingerprint density at radius 3 is 2.54 bits per heavy atom. The molecule has 0 unspecified atom stereocenters. The largest absolute Gasteiger partial charge is 0.461 e. The van der Waals surface area contributed by atoms with E-state index in [9.17, 15) is 30.7 Å². The van der Waals surface area contributed by atoms with Crippen molar-refractivity contribution in [2.24, 2.45) is 5.92 Å². The Hall–Kier alpha value is -3.79. The van der Waals surface area contributed by atoms with Crippen molar-refractivity contribution in [2.75, 3.05) is 43.4 Å². The Morgan fingerprint density at radius 1 is 1.06 bits per heavy atom. The number of benzene rings is 1. The summed E-state index contributed by atoms with van der Waals surface area (Å²) in [6.45, 7) is 2.90. The van der Waals surface area contributed by atoms with Crippen molar-refractivity contribution >= 4 is 22.5 Å². The second-order valence-electron chi connectivity index (χ2n) is 14.6. The van der Waals surface area contributed by atoms with Gasteiger partial charge in [0.05, 0.1) is 34.3 Å². The van der Waals surface area contributed by atoms with Crippen molar-refractivity contribution in [1.29, 1.82) is 0 Å². The number of piperazine rings is 1. The number of aryl methyl sites for hydroxylation is 1. The first-order valence-corrected chi connectivity index (χ1v) is 16.8.